The van der Waals surface area contributed by atoms with Gasteiger partial charge in [-0.1, -0.05) is 25.5 Å². The number of ether oxygens (including phenoxy) is 1. The SMILES string of the molecule is CCOc1ccc(C2(C#N)CCCC2C)cc1. The Morgan fingerprint density at radius 3 is 2.59 bits per heavy atom. The number of hydrogen-bond acceptors (Lipinski definition) is 2. The van der Waals surface area contributed by atoms with Gasteiger partial charge in [-0.15, -0.1) is 0 Å². The molecule has 1 saturated carbocycles. The van der Waals surface area contributed by atoms with Crippen LogP contribution < -0.4 is 4.74 Å². The van der Waals surface area contributed by atoms with E-state index in [0.717, 1.165) is 30.6 Å². The van der Waals surface area contributed by atoms with Gasteiger partial charge in [-0.05, 0) is 43.4 Å². The molecule has 0 heterocycles. The van der Waals surface area contributed by atoms with Crippen LogP contribution in [-0.4, -0.2) is 6.61 Å². The Morgan fingerprint density at radius 1 is 1.41 bits per heavy atom. The first-order valence-corrected chi connectivity index (χ1v) is 6.37. The molecule has 0 aromatic heterocycles. The lowest BCUT2D eigenvalue weighted by Crippen LogP contribution is -2.26. The third kappa shape index (κ3) is 2.02. The van der Waals surface area contributed by atoms with Crippen LogP contribution in [0.1, 0.15) is 38.7 Å². The van der Waals surface area contributed by atoms with Crippen molar-refractivity contribution < 1.29 is 4.74 Å². The first-order valence-electron chi connectivity index (χ1n) is 6.37. The zero-order valence-electron chi connectivity index (χ0n) is 10.6. The van der Waals surface area contributed by atoms with Gasteiger partial charge in [-0.3, -0.25) is 0 Å². The monoisotopic (exact) mass is 229 g/mol. The van der Waals surface area contributed by atoms with Gasteiger partial charge in [0, 0.05) is 0 Å². The highest BCUT2D eigenvalue weighted by Gasteiger charge is 2.41. The second kappa shape index (κ2) is 4.79. The van der Waals surface area contributed by atoms with Gasteiger partial charge in [0.2, 0.25) is 0 Å². The summed E-state index contributed by atoms with van der Waals surface area (Å²) in [5.41, 5.74) is 0.874. The molecule has 2 atom stereocenters. The molecule has 0 saturated heterocycles. The number of nitrogens with zero attached hydrogens (tertiary/aromatic N) is 1. The predicted octanol–water partition coefficient (Wildman–Crippen LogP) is 3.67. The Kier molecular flexibility index (Phi) is 3.38. The van der Waals surface area contributed by atoms with Crippen LogP contribution in [-0.2, 0) is 5.41 Å². The summed E-state index contributed by atoms with van der Waals surface area (Å²) in [5.74, 6) is 1.33. The van der Waals surface area contributed by atoms with Gasteiger partial charge in [-0.2, -0.15) is 5.26 Å². The van der Waals surface area contributed by atoms with E-state index in [2.05, 4.69) is 25.1 Å². The Hall–Kier alpha value is -1.49. The van der Waals surface area contributed by atoms with Crippen LogP contribution in [0.5, 0.6) is 5.75 Å². The minimum absolute atomic E-state index is 0.273. The van der Waals surface area contributed by atoms with Gasteiger partial charge in [0.15, 0.2) is 0 Å². The molecule has 0 bridgehead atoms. The fourth-order valence-electron chi connectivity index (χ4n) is 2.85. The third-order valence-corrected chi connectivity index (χ3v) is 3.93. The standard InChI is InChI=1S/C15H19NO/c1-3-17-14-8-6-13(7-9-14)15(11-16)10-4-5-12(15)2/h6-9,12H,3-5,10H2,1-2H3. The van der Waals surface area contributed by atoms with E-state index in [-0.39, 0.29) is 5.41 Å². The lowest BCUT2D eigenvalue weighted by molar-refractivity contribution is 0.339. The lowest BCUT2D eigenvalue weighted by Gasteiger charge is -2.26. The van der Waals surface area contributed by atoms with Crippen LogP contribution in [0, 0.1) is 17.2 Å². The summed E-state index contributed by atoms with van der Waals surface area (Å²) < 4.78 is 5.43. The summed E-state index contributed by atoms with van der Waals surface area (Å²) in [6, 6.07) is 10.6. The number of benzene rings is 1. The molecule has 0 amide bonds. The van der Waals surface area contributed by atoms with E-state index < -0.39 is 0 Å². The van der Waals surface area contributed by atoms with Crippen molar-refractivity contribution >= 4 is 0 Å². The molecule has 2 rings (SSSR count). The highest BCUT2D eigenvalue weighted by atomic mass is 16.5. The molecule has 0 radical (unpaired) electrons. The molecule has 1 aliphatic carbocycles. The van der Waals surface area contributed by atoms with Gasteiger partial charge in [0.25, 0.3) is 0 Å². The van der Waals surface area contributed by atoms with E-state index in [1.54, 1.807) is 0 Å². The van der Waals surface area contributed by atoms with E-state index in [4.69, 9.17) is 4.74 Å². The van der Waals surface area contributed by atoms with Gasteiger partial charge in [0.05, 0.1) is 18.1 Å². The smallest absolute Gasteiger partial charge is 0.119 e. The van der Waals surface area contributed by atoms with Crippen LogP contribution in [0.15, 0.2) is 24.3 Å². The lowest BCUT2D eigenvalue weighted by atomic mass is 9.74. The zero-order chi connectivity index (χ0) is 12.3. The molecule has 0 N–H and O–H groups in total. The van der Waals surface area contributed by atoms with Gasteiger partial charge in [0.1, 0.15) is 5.75 Å². The molecule has 2 heteroatoms. The Morgan fingerprint density at radius 2 is 2.12 bits per heavy atom. The molecule has 1 aromatic carbocycles. The largest absolute Gasteiger partial charge is 0.494 e. The van der Waals surface area contributed by atoms with Crippen LogP contribution >= 0.6 is 0 Å². The van der Waals surface area contributed by atoms with Gasteiger partial charge < -0.3 is 4.74 Å². The van der Waals surface area contributed by atoms with Crippen molar-refractivity contribution in [1.29, 1.82) is 5.26 Å². The normalized spacial score (nSPS) is 27.7. The van der Waals surface area contributed by atoms with Gasteiger partial charge >= 0.3 is 0 Å². The summed E-state index contributed by atoms with van der Waals surface area (Å²) in [6.45, 7) is 4.84. The molecule has 1 aliphatic rings. The van der Waals surface area contributed by atoms with Crippen LogP contribution in [0.4, 0.5) is 0 Å². The predicted molar refractivity (Wildman–Crippen MR) is 67.9 cm³/mol. The van der Waals surface area contributed by atoms with Crippen molar-refractivity contribution in [3.63, 3.8) is 0 Å². The fourth-order valence-corrected chi connectivity index (χ4v) is 2.85. The van der Waals surface area contributed by atoms with Crippen molar-refractivity contribution in [2.24, 2.45) is 5.92 Å². The minimum Gasteiger partial charge on any atom is -0.494 e. The Bertz CT molecular complexity index is 418. The van der Waals surface area contributed by atoms with E-state index >= 15 is 0 Å². The second-order valence-corrected chi connectivity index (χ2v) is 4.83. The summed E-state index contributed by atoms with van der Waals surface area (Å²) in [4.78, 5) is 0. The van der Waals surface area contributed by atoms with Crippen LogP contribution in [0.25, 0.3) is 0 Å². The van der Waals surface area contributed by atoms with E-state index in [0.29, 0.717) is 12.5 Å². The Balaban J connectivity index is 2.30. The second-order valence-electron chi connectivity index (χ2n) is 4.83. The van der Waals surface area contributed by atoms with Crippen molar-refractivity contribution in [2.75, 3.05) is 6.61 Å². The minimum atomic E-state index is -0.273. The number of nitriles is 1. The zero-order valence-corrected chi connectivity index (χ0v) is 10.6. The van der Waals surface area contributed by atoms with Crippen LogP contribution in [0.3, 0.4) is 0 Å². The number of rotatable bonds is 3. The summed E-state index contributed by atoms with van der Waals surface area (Å²) in [6.07, 6.45) is 3.29. The Labute approximate surface area is 103 Å². The van der Waals surface area contributed by atoms with Crippen molar-refractivity contribution in [3.8, 4) is 11.8 Å². The molecule has 2 nitrogen and oxygen atoms in total. The first-order chi connectivity index (χ1) is 8.23. The summed E-state index contributed by atoms with van der Waals surface area (Å²) in [7, 11) is 0. The summed E-state index contributed by atoms with van der Waals surface area (Å²) in [5, 5.41) is 9.53. The number of hydrogen-bond donors (Lipinski definition) is 0. The first kappa shape index (κ1) is 12.0. The molecule has 1 aromatic rings. The van der Waals surface area contributed by atoms with E-state index in [1.165, 1.54) is 0 Å². The molecular formula is C15H19NO. The topological polar surface area (TPSA) is 33.0 Å². The van der Waals surface area contributed by atoms with Crippen molar-refractivity contribution in [2.45, 2.75) is 38.5 Å². The van der Waals surface area contributed by atoms with Crippen molar-refractivity contribution in [1.82, 2.24) is 0 Å². The van der Waals surface area contributed by atoms with E-state index in [9.17, 15) is 5.26 Å². The van der Waals surface area contributed by atoms with E-state index in [1.807, 2.05) is 19.1 Å². The maximum absolute atomic E-state index is 9.53. The summed E-state index contributed by atoms with van der Waals surface area (Å²) >= 11 is 0. The molecule has 0 spiro atoms. The molecule has 0 aliphatic heterocycles. The fraction of sp³-hybridized carbons (Fsp3) is 0.533. The van der Waals surface area contributed by atoms with Crippen molar-refractivity contribution in [3.05, 3.63) is 29.8 Å². The highest BCUT2D eigenvalue weighted by Crippen LogP contribution is 2.45. The van der Waals surface area contributed by atoms with Gasteiger partial charge in [-0.25, -0.2) is 0 Å². The molecule has 2 unspecified atom stereocenters. The average molecular weight is 229 g/mol. The third-order valence-electron chi connectivity index (χ3n) is 3.93. The average Bonchev–Trinajstić information content (AvgIpc) is 2.73. The molecule has 90 valence electrons. The molecular weight excluding hydrogens is 210 g/mol. The quantitative estimate of drug-likeness (QED) is 0.792. The molecule has 17 heavy (non-hydrogen) atoms. The molecule has 1 fully saturated rings. The maximum atomic E-state index is 9.53. The highest BCUT2D eigenvalue weighted by molar-refractivity contribution is 5.38. The maximum Gasteiger partial charge on any atom is 0.119 e. The van der Waals surface area contributed by atoms with Crippen LogP contribution in [0.2, 0.25) is 0 Å².